The third-order valence-corrected chi connectivity index (χ3v) is 4.04. The van der Waals surface area contributed by atoms with Crippen LogP contribution in [0.2, 0.25) is 10.0 Å². The first-order chi connectivity index (χ1) is 7.93. The summed E-state index contributed by atoms with van der Waals surface area (Å²) in [5, 5.41) is 4.68. The van der Waals surface area contributed by atoms with Crippen molar-refractivity contribution in [3.8, 4) is 0 Å². The van der Waals surface area contributed by atoms with Gasteiger partial charge in [-0.2, -0.15) is 0 Å². The van der Waals surface area contributed by atoms with E-state index in [1.54, 1.807) is 18.2 Å². The Labute approximate surface area is 120 Å². The van der Waals surface area contributed by atoms with E-state index in [0.717, 1.165) is 5.33 Å². The molecule has 0 fully saturated rings. The van der Waals surface area contributed by atoms with E-state index in [1.807, 2.05) is 6.92 Å². The molecule has 0 aliphatic carbocycles. The molecule has 0 saturated heterocycles. The maximum atomic E-state index is 11.9. The number of benzene rings is 1. The van der Waals surface area contributed by atoms with Crippen LogP contribution in [0, 0.1) is 5.92 Å². The molecule has 0 spiro atoms. The molecule has 0 radical (unpaired) electrons. The fraction of sp³-hybridized carbons (Fsp3) is 0.417. The van der Waals surface area contributed by atoms with Gasteiger partial charge in [0, 0.05) is 27.0 Å². The molecule has 1 rings (SSSR count). The monoisotopic (exact) mass is 337 g/mol. The first kappa shape index (κ1) is 14.8. The number of alkyl halides is 1. The van der Waals surface area contributed by atoms with Gasteiger partial charge in [-0.05, 0) is 31.0 Å². The van der Waals surface area contributed by atoms with Crippen molar-refractivity contribution >= 4 is 45.0 Å². The van der Waals surface area contributed by atoms with Crippen molar-refractivity contribution in [2.24, 2.45) is 5.92 Å². The highest BCUT2D eigenvalue weighted by Crippen LogP contribution is 2.19. The van der Waals surface area contributed by atoms with E-state index in [-0.39, 0.29) is 11.9 Å². The van der Waals surface area contributed by atoms with Crippen LogP contribution in [0.3, 0.4) is 0 Å². The molecule has 0 saturated carbocycles. The van der Waals surface area contributed by atoms with Crippen molar-refractivity contribution in [3.05, 3.63) is 33.8 Å². The molecule has 0 aromatic heterocycles. The second-order valence-electron chi connectivity index (χ2n) is 4.05. The van der Waals surface area contributed by atoms with Crippen molar-refractivity contribution in [1.29, 1.82) is 0 Å². The van der Waals surface area contributed by atoms with Crippen molar-refractivity contribution in [3.63, 3.8) is 0 Å². The van der Waals surface area contributed by atoms with Crippen LogP contribution >= 0.6 is 39.1 Å². The predicted molar refractivity (Wildman–Crippen MR) is 76.3 cm³/mol. The van der Waals surface area contributed by atoms with Crippen LogP contribution in [-0.4, -0.2) is 17.3 Å². The quantitative estimate of drug-likeness (QED) is 0.821. The zero-order valence-electron chi connectivity index (χ0n) is 9.64. The minimum absolute atomic E-state index is 0.0830. The van der Waals surface area contributed by atoms with E-state index in [4.69, 9.17) is 23.2 Å². The number of carbonyl (C=O) groups is 1. The lowest BCUT2D eigenvalue weighted by Gasteiger charge is -2.19. The Kier molecular flexibility index (Phi) is 5.77. The summed E-state index contributed by atoms with van der Waals surface area (Å²) in [5.74, 6) is 0.198. The molecule has 0 bridgehead atoms. The number of nitrogens with one attached hydrogen (secondary N) is 1. The van der Waals surface area contributed by atoms with Crippen LogP contribution in [0.1, 0.15) is 24.2 Å². The fourth-order valence-corrected chi connectivity index (χ4v) is 2.34. The van der Waals surface area contributed by atoms with Gasteiger partial charge in [-0.25, -0.2) is 0 Å². The maximum Gasteiger partial charge on any atom is 0.251 e. The highest BCUT2D eigenvalue weighted by molar-refractivity contribution is 9.09. The van der Waals surface area contributed by atoms with Crippen LogP contribution in [0.15, 0.2) is 18.2 Å². The highest BCUT2D eigenvalue weighted by atomic mass is 79.9. The van der Waals surface area contributed by atoms with E-state index in [2.05, 4.69) is 28.2 Å². The van der Waals surface area contributed by atoms with Gasteiger partial charge in [0.1, 0.15) is 0 Å². The van der Waals surface area contributed by atoms with Crippen LogP contribution in [0.25, 0.3) is 0 Å². The van der Waals surface area contributed by atoms with Gasteiger partial charge in [-0.1, -0.05) is 46.1 Å². The van der Waals surface area contributed by atoms with Crippen molar-refractivity contribution in [2.75, 3.05) is 5.33 Å². The largest absolute Gasteiger partial charge is 0.349 e. The normalized spacial score (nSPS) is 14.2. The second-order valence-corrected chi connectivity index (χ2v) is 5.57. The van der Waals surface area contributed by atoms with Crippen molar-refractivity contribution < 1.29 is 4.79 Å². The van der Waals surface area contributed by atoms with E-state index >= 15 is 0 Å². The smallest absolute Gasteiger partial charge is 0.251 e. The Morgan fingerprint density at radius 3 is 2.29 bits per heavy atom. The summed E-state index contributed by atoms with van der Waals surface area (Å²) in [6.07, 6.45) is 0. The zero-order chi connectivity index (χ0) is 13.0. The molecule has 17 heavy (non-hydrogen) atoms. The molecule has 2 nitrogen and oxygen atoms in total. The van der Waals surface area contributed by atoms with Crippen molar-refractivity contribution in [1.82, 2.24) is 5.32 Å². The molecule has 1 amide bonds. The summed E-state index contributed by atoms with van der Waals surface area (Å²) in [6.45, 7) is 4.03. The number of amides is 1. The van der Waals surface area contributed by atoms with E-state index < -0.39 is 0 Å². The van der Waals surface area contributed by atoms with Crippen molar-refractivity contribution in [2.45, 2.75) is 19.9 Å². The predicted octanol–water partition coefficient (Wildman–Crippen LogP) is 4.14. The number of carbonyl (C=O) groups excluding carboxylic acids is 1. The molecule has 0 aliphatic heterocycles. The molecule has 2 unspecified atom stereocenters. The SMILES string of the molecule is CC(CBr)C(C)NC(=O)c1cc(Cl)cc(Cl)c1. The number of hydrogen-bond donors (Lipinski definition) is 1. The third-order valence-electron chi connectivity index (χ3n) is 2.58. The molecule has 1 aromatic carbocycles. The van der Waals surface area contributed by atoms with E-state index in [0.29, 0.717) is 21.5 Å². The standard InChI is InChI=1S/C12H14BrCl2NO/c1-7(6-13)8(2)16-12(17)9-3-10(14)5-11(15)4-9/h3-5,7-8H,6H2,1-2H3,(H,16,17). The summed E-state index contributed by atoms with van der Waals surface area (Å²) in [4.78, 5) is 11.9. The lowest BCUT2D eigenvalue weighted by Crippen LogP contribution is -2.37. The Morgan fingerprint density at radius 2 is 1.82 bits per heavy atom. The molecule has 1 N–H and O–H groups in total. The molecule has 0 aliphatic rings. The van der Waals surface area contributed by atoms with Gasteiger partial charge < -0.3 is 5.32 Å². The van der Waals surface area contributed by atoms with Crippen LogP contribution < -0.4 is 5.32 Å². The zero-order valence-corrected chi connectivity index (χ0v) is 12.7. The minimum Gasteiger partial charge on any atom is -0.349 e. The topological polar surface area (TPSA) is 29.1 Å². The molecule has 0 heterocycles. The lowest BCUT2D eigenvalue weighted by atomic mass is 10.1. The average molecular weight is 339 g/mol. The van der Waals surface area contributed by atoms with Gasteiger partial charge >= 0.3 is 0 Å². The van der Waals surface area contributed by atoms with Gasteiger partial charge in [0.05, 0.1) is 0 Å². The van der Waals surface area contributed by atoms with E-state index in [1.165, 1.54) is 0 Å². The summed E-state index contributed by atoms with van der Waals surface area (Å²) in [6, 6.07) is 4.90. The fourth-order valence-electron chi connectivity index (χ4n) is 1.25. The van der Waals surface area contributed by atoms with Gasteiger partial charge in [0.15, 0.2) is 0 Å². The first-order valence-corrected chi connectivity index (χ1v) is 7.14. The van der Waals surface area contributed by atoms with Crippen LogP contribution in [0.5, 0.6) is 0 Å². The minimum atomic E-state index is -0.158. The maximum absolute atomic E-state index is 11.9. The number of rotatable bonds is 4. The number of halogens is 3. The summed E-state index contributed by atoms with van der Waals surface area (Å²) in [5.41, 5.74) is 0.483. The molecule has 5 heteroatoms. The van der Waals surface area contributed by atoms with Gasteiger partial charge in [0.25, 0.3) is 5.91 Å². The number of hydrogen-bond acceptors (Lipinski definition) is 1. The Balaban J connectivity index is 2.76. The summed E-state index contributed by atoms with van der Waals surface area (Å²) in [7, 11) is 0. The Bertz CT molecular complexity index is 391. The first-order valence-electron chi connectivity index (χ1n) is 5.27. The molecular weight excluding hydrogens is 325 g/mol. The van der Waals surface area contributed by atoms with Gasteiger partial charge in [0.2, 0.25) is 0 Å². The van der Waals surface area contributed by atoms with Crippen LogP contribution in [-0.2, 0) is 0 Å². The molecule has 1 aromatic rings. The summed E-state index contributed by atoms with van der Waals surface area (Å²) < 4.78 is 0. The van der Waals surface area contributed by atoms with Gasteiger partial charge in [-0.3, -0.25) is 4.79 Å². The average Bonchev–Trinajstić information content (AvgIpc) is 2.26. The second kappa shape index (κ2) is 6.62. The molecular formula is C12H14BrCl2NO. The molecule has 2 atom stereocenters. The van der Waals surface area contributed by atoms with Gasteiger partial charge in [-0.15, -0.1) is 0 Å². The highest BCUT2D eigenvalue weighted by Gasteiger charge is 2.15. The summed E-state index contributed by atoms with van der Waals surface area (Å²) >= 11 is 15.1. The Morgan fingerprint density at radius 1 is 1.29 bits per heavy atom. The third kappa shape index (κ3) is 4.49. The van der Waals surface area contributed by atoms with Crippen LogP contribution in [0.4, 0.5) is 0 Å². The lowest BCUT2D eigenvalue weighted by molar-refractivity contribution is 0.0931. The Hall–Kier alpha value is -0.250. The molecule has 94 valence electrons. The van der Waals surface area contributed by atoms with E-state index in [9.17, 15) is 4.79 Å².